The van der Waals surface area contributed by atoms with Crippen LogP contribution in [0.5, 0.6) is 0 Å². The predicted molar refractivity (Wildman–Crippen MR) is 78.1 cm³/mol. The highest BCUT2D eigenvalue weighted by molar-refractivity contribution is 7.09. The molecule has 6 nitrogen and oxygen atoms in total. The fraction of sp³-hybridized carbons (Fsp3) is 0.692. The third-order valence-electron chi connectivity index (χ3n) is 3.39. The van der Waals surface area contributed by atoms with Gasteiger partial charge in [0.1, 0.15) is 0 Å². The molecule has 2 heterocycles. The van der Waals surface area contributed by atoms with Gasteiger partial charge in [-0.25, -0.2) is 0 Å². The number of carbonyl (C=O) groups excluding carboxylic acids is 1. The topological polar surface area (TPSA) is 65.6 Å². The lowest BCUT2D eigenvalue weighted by atomic mass is 10.2. The van der Waals surface area contributed by atoms with Gasteiger partial charge in [-0.2, -0.15) is 0 Å². The van der Waals surface area contributed by atoms with E-state index in [1.165, 1.54) is 11.3 Å². The summed E-state index contributed by atoms with van der Waals surface area (Å²) in [6.07, 6.45) is 0.148. The van der Waals surface area contributed by atoms with Crippen LogP contribution in [0.2, 0.25) is 0 Å². The number of nitrogens with one attached hydrogen (secondary N) is 1. The van der Waals surface area contributed by atoms with Gasteiger partial charge in [-0.3, -0.25) is 14.5 Å². The molecule has 0 bridgehead atoms. The molecule has 1 aromatic heterocycles. The molecule has 1 fully saturated rings. The maximum Gasteiger partial charge on any atom is 0.311 e. The summed E-state index contributed by atoms with van der Waals surface area (Å²) >= 11 is 1.19. The van der Waals surface area contributed by atoms with Gasteiger partial charge in [0, 0.05) is 43.3 Å². The third kappa shape index (κ3) is 4.16. The van der Waals surface area contributed by atoms with Crippen molar-refractivity contribution >= 4 is 17.3 Å². The van der Waals surface area contributed by atoms with Gasteiger partial charge in [-0.1, -0.05) is 11.3 Å². The van der Waals surface area contributed by atoms with Crippen molar-refractivity contribution in [2.24, 2.45) is 0 Å². The summed E-state index contributed by atoms with van der Waals surface area (Å²) in [4.78, 5) is 31.3. The Hall–Kier alpha value is -1.18. The third-order valence-corrected chi connectivity index (χ3v) is 4.30. The Bertz CT molecular complexity index is 503. The highest BCUT2D eigenvalue weighted by atomic mass is 32.1. The second kappa shape index (κ2) is 7.01. The van der Waals surface area contributed by atoms with Gasteiger partial charge in [-0.05, 0) is 14.0 Å². The number of aromatic amines is 1. The standard InChI is InChI=1S/C13H21N3O3S/c1-3-19-12(17)8-10-11(20-13(18)14-10)9-16-6-4-15(2)5-7-16/h3-9H2,1-2H3,(H,14,18). The molecule has 1 aliphatic heterocycles. The number of carbonyl (C=O) groups is 1. The molecule has 0 amide bonds. The zero-order valence-electron chi connectivity index (χ0n) is 12.0. The summed E-state index contributed by atoms with van der Waals surface area (Å²) < 4.78 is 4.94. The second-order valence-electron chi connectivity index (χ2n) is 4.98. The Morgan fingerprint density at radius 2 is 2.05 bits per heavy atom. The maximum atomic E-state index is 11.5. The highest BCUT2D eigenvalue weighted by Gasteiger charge is 2.18. The quantitative estimate of drug-likeness (QED) is 0.792. The number of hydrogen-bond donors (Lipinski definition) is 1. The number of thiazole rings is 1. The molecule has 112 valence electrons. The van der Waals surface area contributed by atoms with E-state index in [0.29, 0.717) is 12.3 Å². The van der Waals surface area contributed by atoms with E-state index in [-0.39, 0.29) is 17.3 Å². The lowest BCUT2D eigenvalue weighted by Gasteiger charge is -2.32. The summed E-state index contributed by atoms with van der Waals surface area (Å²) in [5, 5.41) is 0. The smallest absolute Gasteiger partial charge is 0.311 e. The van der Waals surface area contributed by atoms with E-state index in [9.17, 15) is 9.59 Å². The van der Waals surface area contributed by atoms with Crippen LogP contribution in [0.4, 0.5) is 0 Å². The second-order valence-corrected chi connectivity index (χ2v) is 6.05. The summed E-state index contributed by atoms with van der Waals surface area (Å²) in [6.45, 7) is 6.91. The maximum absolute atomic E-state index is 11.5. The fourth-order valence-electron chi connectivity index (χ4n) is 2.23. The minimum Gasteiger partial charge on any atom is -0.466 e. The number of esters is 1. The highest BCUT2D eigenvalue weighted by Crippen LogP contribution is 2.15. The van der Waals surface area contributed by atoms with Crippen molar-refractivity contribution in [3.63, 3.8) is 0 Å². The zero-order valence-corrected chi connectivity index (χ0v) is 12.8. The molecule has 0 aliphatic carbocycles. The van der Waals surface area contributed by atoms with Crippen LogP contribution in [0.1, 0.15) is 17.5 Å². The first-order valence-corrected chi connectivity index (χ1v) is 7.67. The molecule has 0 spiro atoms. The normalized spacial score (nSPS) is 17.3. The van der Waals surface area contributed by atoms with Gasteiger partial charge in [-0.15, -0.1) is 0 Å². The predicted octanol–water partition coefficient (Wildman–Crippen LogP) is 0.289. The Kier molecular flexibility index (Phi) is 5.33. The number of likely N-dealkylation sites (N-methyl/N-ethyl adjacent to an activating group) is 1. The molecule has 0 unspecified atom stereocenters. The molecule has 1 aromatic rings. The van der Waals surface area contributed by atoms with Crippen molar-refractivity contribution in [2.45, 2.75) is 19.9 Å². The van der Waals surface area contributed by atoms with E-state index in [1.807, 2.05) is 0 Å². The summed E-state index contributed by atoms with van der Waals surface area (Å²) in [6, 6.07) is 0. The number of aromatic nitrogens is 1. The lowest BCUT2D eigenvalue weighted by Crippen LogP contribution is -2.43. The van der Waals surface area contributed by atoms with Crippen molar-refractivity contribution < 1.29 is 9.53 Å². The van der Waals surface area contributed by atoms with Gasteiger partial charge < -0.3 is 14.6 Å². The van der Waals surface area contributed by atoms with Gasteiger partial charge in [0.15, 0.2) is 0 Å². The Morgan fingerprint density at radius 1 is 1.35 bits per heavy atom. The van der Waals surface area contributed by atoms with Crippen LogP contribution in [-0.4, -0.2) is 60.6 Å². The molecule has 1 N–H and O–H groups in total. The Morgan fingerprint density at radius 3 is 2.70 bits per heavy atom. The average molecular weight is 299 g/mol. The molecular formula is C13H21N3O3S. The van der Waals surface area contributed by atoms with E-state index >= 15 is 0 Å². The van der Waals surface area contributed by atoms with Gasteiger partial charge in [0.05, 0.1) is 13.0 Å². The van der Waals surface area contributed by atoms with E-state index < -0.39 is 0 Å². The first kappa shape index (κ1) is 15.2. The van der Waals surface area contributed by atoms with Crippen molar-refractivity contribution in [3.8, 4) is 0 Å². The number of hydrogen-bond acceptors (Lipinski definition) is 6. The van der Waals surface area contributed by atoms with Crippen LogP contribution in [0.25, 0.3) is 0 Å². The van der Waals surface area contributed by atoms with E-state index in [2.05, 4.69) is 21.8 Å². The number of rotatable bonds is 5. The molecular weight excluding hydrogens is 278 g/mol. The van der Waals surface area contributed by atoms with E-state index in [0.717, 1.165) is 37.6 Å². The summed E-state index contributed by atoms with van der Waals surface area (Å²) in [7, 11) is 2.11. The molecule has 0 radical (unpaired) electrons. The van der Waals surface area contributed by atoms with Crippen molar-refractivity contribution in [2.75, 3.05) is 39.8 Å². The van der Waals surface area contributed by atoms with Gasteiger partial charge >= 0.3 is 10.8 Å². The molecule has 20 heavy (non-hydrogen) atoms. The fourth-order valence-corrected chi connectivity index (χ4v) is 3.12. The molecule has 0 saturated carbocycles. The summed E-state index contributed by atoms with van der Waals surface area (Å²) in [5.41, 5.74) is 0.706. The van der Waals surface area contributed by atoms with Crippen molar-refractivity contribution in [1.82, 2.24) is 14.8 Å². The molecule has 7 heteroatoms. The van der Waals surface area contributed by atoms with E-state index in [1.54, 1.807) is 6.92 Å². The molecule has 1 saturated heterocycles. The summed E-state index contributed by atoms with van der Waals surface area (Å²) in [5.74, 6) is -0.291. The van der Waals surface area contributed by atoms with Gasteiger partial charge in [0.2, 0.25) is 0 Å². The van der Waals surface area contributed by atoms with Crippen LogP contribution in [0.15, 0.2) is 4.79 Å². The average Bonchev–Trinajstić information content (AvgIpc) is 2.72. The van der Waals surface area contributed by atoms with Crippen molar-refractivity contribution in [1.29, 1.82) is 0 Å². The lowest BCUT2D eigenvalue weighted by molar-refractivity contribution is -0.142. The van der Waals surface area contributed by atoms with Gasteiger partial charge in [0.25, 0.3) is 0 Å². The van der Waals surface area contributed by atoms with Crippen LogP contribution in [-0.2, 0) is 22.5 Å². The minimum atomic E-state index is -0.291. The molecule has 0 aromatic carbocycles. The number of ether oxygens (including phenoxy) is 1. The largest absolute Gasteiger partial charge is 0.466 e. The number of piperazine rings is 1. The van der Waals surface area contributed by atoms with Crippen LogP contribution >= 0.6 is 11.3 Å². The number of nitrogens with zero attached hydrogens (tertiary/aromatic N) is 2. The van der Waals surface area contributed by atoms with Crippen molar-refractivity contribution in [3.05, 3.63) is 20.2 Å². The first-order valence-electron chi connectivity index (χ1n) is 6.86. The molecule has 0 atom stereocenters. The zero-order chi connectivity index (χ0) is 14.5. The monoisotopic (exact) mass is 299 g/mol. The Labute approximate surface area is 122 Å². The Balaban J connectivity index is 2.00. The SMILES string of the molecule is CCOC(=O)Cc1[nH]c(=O)sc1CN1CCN(C)CC1. The van der Waals surface area contributed by atoms with Crippen LogP contribution in [0.3, 0.4) is 0 Å². The van der Waals surface area contributed by atoms with Crippen LogP contribution < -0.4 is 4.87 Å². The minimum absolute atomic E-state index is 0.103. The number of H-pyrrole nitrogens is 1. The first-order chi connectivity index (χ1) is 9.58. The van der Waals surface area contributed by atoms with E-state index in [4.69, 9.17) is 4.74 Å². The molecule has 1 aliphatic rings. The van der Waals surface area contributed by atoms with Crippen LogP contribution in [0, 0.1) is 0 Å². The molecule has 2 rings (SSSR count).